The minimum absolute atomic E-state index is 0.557. The molecule has 2 aliphatic rings. The van der Waals surface area contributed by atoms with Crippen molar-refractivity contribution in [3.8, 4) is 0 Å². The van der Waals surface area contributed by atoms with Crippen LogP contribution in [0.25, 0.3) is 27.1 Å². The number of aromatic nitrogens is 2. The van der Waals surface area contributed by atoms with Crippen LogP contribution in [0.2, 0.25) is 0 Å². The van der Waals surface area contributed by atoms with Gasteiger partial charge in [-0.2, -0.15) is 23.4 Å². The summed E-state index contributed by atoms with van der Waals surface area (Å²) in [6, 6.07) is 33.6. The molecule has 1 N–H and O–H groups in total. The third-order valence-corrected chi connectivity index (χ3v) is 9.53. The van der Waals surface area contributed by atoms with Gasteiger partial charge < -0.3 is 5.32 Å². The normalized spacial score (nSPS) is 13.9. The van der Waals surface area contributed by atoms with Crippen LogP contribution < -0.4 is 5.32 Å². The number of nitrogens with zero attached hydrogens (tertiary/aromatic N) is 2. The maximum absolute atomic E-state index is 12.9. The van der Waals surface area contributed by atoms with Crippen LogP contribution in [0, 0.1) is 0 Å². The van der Waals surface area contributed by atoms with E-state index in [0.717, 1.165) is 42.5 Å². The lowest BCUT2D eigenvalue weighted by Crippen LogP contribution is -2.17. The van der Waals surface area contributed by atoms with Crippen LogP contribution in [0.5, 0.6) is 0 Å². The Morgan fingerprint density at radius 1 is 0.673 bits per heavy atom. The summed E-state index contributed by atoms with van der Waals surface area (Å²) in [5.41, 5.74) is 9.90. The van der Waals surface area contributed by atoms with Gasteiger partial charge in [-0.1, -0.05) is 115 Å². The van der Waals surface area contributed by atoms with E-state index in [1.54, 1.807) is 24.0 Å². The number of rotatable bonds is 7. The molecule has 49 heavy (non-hydrogen) atoms. The lowest BCUT2D eigenvalue weighted by molar-refractivity contribution is -0.137. The van der Waals surface area contributed by atoms with Crippen molar-refractivity contribution in [2.45, 2.75) is 51.2 Å². The van der Waals surface area contributed by atoms with Crippen LogP contribution in [0.1, 0.15) is 58.2 Å². The van der Waals surface area contributed by atoms with Gasteiger partial charge in [0.25, 0.3) is 0 Å². The molecule has 0 amide bonds. The van der Waals surface area contributed by atoms with Crippen molar-refractivity contribution in [1.82, 2.24) is 15.5 Å². The molecule has 0 unspecified atom stereocenters. The van der Waals surface area contributed by atoms with Gasteiger partial charge >= 0.3 is 6.18 Å². The zero-order chi connectivity index (χ0) is 33.6. The summed E-state index contributed by atoms with van der Waals surface area (Å²) < 4.78 is 38.8. The molecule has 0 bridgehead atoms. The number of nitrogens with one attached hydrogen (secondary N) is 1. The topological polar surface area (TPSA) is 37.8 Å². The first kappa shape index (κ1) is 32.5. The number of fused-ring (bicyclic) bond motifs is 5. The van der Waals surface area contributed by atoms with Crippen molar-refractivity contribution in [3.63, 3.8) is 0 Å². The summed E-state index contributed by atoms with van der Waals surface area (Å²) in [5.74, 6) is 0. The minimum Gasteiger partial charge on any atom is -0.312 e. The molecular formula is C43H38F3N3. The molecule has 246 valence electrons. The molecular weight excluding hydrogens is 615 g/mol. The Morgan fingerprint density at radius 3 is 2.18 bits per heavy atom. The molecule has 8 rings (SSSR count). The molecule has 0 atom stereocenters. The highest BCUT2D eigenvalue weighted by Gasteiger charge is 2.30. The molecule has 2 aliphatic carbocycles. The van der Waals surface area contributed by atoms with Crippen LogP contribution in [0.4, 0.5) is 13.2 Å². The lowest BCUT2D eigenvalue weighted by atomic mass is 9.78. The van der Waals surface area contributed by atoms with Gasteiger partial charge in [-0.15, -0.1) is 0 Å². The molecule has 0 saturated carbocycles. The minimum atomic E-state index is -4.30. The van der Waals surface area contributed by atoms with Crippen molar-refractivity contribution in [1.29, 1.82) is 0 Å². The smallest absolute Gasteiger partial charge is 0.312 e. The van der Waals surface area contributed by atoms with Crippen molar-refractivity contribution >= 4 is 27.1 Å². The van der Waals surface area contributed by atoms with Gasteiger partial charge in [-0.25, -0.2) is 0 Å². The van der Waals surface area contributed by atoms with E-state index in [1.165, 1.54) is 62.7 Å². The van der Waals surface area contributed by atoms with Crippen LogP contribution >= 0.6 is 0 Å². The van der Waals surface area contributed by atoms with Gasteiger partial charge in [-0.3, -0.25) is 0 Å². The van der Waals surface area contributed by atoms with E-state index < -0.39 is 11.7 Å². The van der Waals surface area contributed by atoms with Crippen molar-refractivity contribution in [3.05, 3.63) is 172 Å². The molecule has 6 heteroatoms. The van der Waals surface area contributed by atoms with E-state index >= 15 is 0 Å². The second-order valence-electron chi connectivity index (χ2n) is 12.8. The van der Waals surface area contributed by atoms with E-state index in [2.05, 4.69) is 82.3 Å². The highest BCUT2D eigenvalue weighted by atomic mass is 19.4. The molecule has 1 heterocycles. The van der Waals surface area contributed by atoms with Crippen LogP contribution in [0.15, 0.2) is 133 Å². The predicted molar refractivity (Wildman–Crippen MR) is 193 cm³/mol. The Kier molecular flexibility index (Phi) is 9.67. The fourth-order valence-electron chi connectivity index (χ4n) is 7.02. The van der Waals surface area contributed by atoms with Crippen LogP contribution in [0.3, 0.4) is 0 Å². The number of benzene rings is 5. The summed E-state index contributed by atoms with van der Waals surface area (Å²) >= 11 is 0. The van der Waals surface area contributed by atoms with Gasteiger partial charge in [0.15, 0.2) is 0 Å². The Hall–Kier alpha value is -5.07. The molecule has 0 aliphatic heterocycles. The Morgan fingerprint density at radius 2 is 1.41 bits per heavy atom. The number of hydrogen-bond donors (Lipinski definition) is 1. The third kappa shape index (κ3) is 7.65. The highest BCUT2D eigenvalue weighted by molar-refractivity contribution is 5.96. The number of hydrogen-bond acceptors (Lipinski definition) is 3. The summed E-state index contributed by atoms with van der Waals surface area (Å²) in [4.78, 5) is 0. The first-order valence-electron chi connectivity index (χ1n) is 16.9. The number of halogens is 3. The number of allylic oxidation sites excluding steroid dienone is 4. The SMILES string of the molecule is FC(F)(F)c1cccc(CCNCc2ccc(Cc3cccc4ccc5c(c34)CCC3=C5C=CCC3)cc2)c1.c1ccc2cnncc2c1. The monoisotopic (exact) mass is 653 g/mol. The van der Waals surface area contributed by atoms with E-state index in [4.69, 9.17) is 0 Å². The summed E-state index contributed by atoms with van der Waals surface area (Å²) in [5, 5.41) is 15.9. The summed E-state index contributed by atoms with van der Waals surface area (Å²) in [7, 11) is 0. The van der Waals surface area contributed by atoms with Gasteiger partial charge in [0.05, 0.1) is 18.0 Å². The third-order valence-electron chi connectivity index (χ3n) is 9.53. The molecule has 3 nitrogen and oxygen atoms in total. The molecule has 5 aromatic carbocycles. The van der Waals surface area contributed by atoms with Gasteiger partial charge in [0.2, 0.25) is 0 Å². The largest absolute Gasteiger partial charge is 0.416 e. The highest BCUT2D eigenvalue weighted by Crippen LogP contribution is 2.41. The van der Waals surface area contributed by atoms with Gasteiger partial charge in [-0.05, 0) is 101 Å². The van der Waals surface area contributed by atoms with Crippen molar-refractivity contribution in [2.75, 3.05) is 6.54 Å². The van der Waals surface area contributed by atoms with Gasteiger partial charge in [0, 0.05) is 17.3 Å². The Balaban J connectivity index is 0.000000322. The first-order valence-corrected chi connectivity index (χ1v) is 16.9. The Labute approximate surface area is 285 Å². The number of alkyl halides is 3. The fraction of sp³-hybridized carbons (Fsp3) is 0.209. The molecule has 0 saturated heterocycles. The summed E-state index contributed by atoms with van der Waals surface area (Å²) in [6.07, 6.45) is 9.93. The van der Waals surface area contributed by atoms with E-state index in [0.29, 0.717) is 25.1 Å². The average molecular weight is 654 g/mol. The van der Waals surface area contributed by atoms with E-state index in [9.17, 15) is 13.2 Å². The zero-order valence-corrected chi connectivity index (χ0v) is 27.3. The fourth-order valence-corrected chi connectivity index (χ4v) is 7.02. The number of aryl methyl sites for hydroxylation is 1. The first-order chi connectivity index (χ1) is 23.9. The second-order valence-corrected chi connectivity index (χ2v) is 12.8. The van der Waals surface area contributed by atoms with Gasteiger partial charge in [0.1, 0.15) is 0 Å². The van der Waals surface area contributed by atoms with E-state index in [1.807, 2.05) is 24.3 Å². The van der Waals surface area contributed by atoms with Crippen molar-refractivity contribution in [2.24, 2.45) is 0 Å². The zero-order valence-electron chi connectivity index (χ0n) is 27.3. The second kappa shape index (κ2) is 14.6. The van der Waals surface area contributed by atoms with Crippen molar-refractivity contribution < 1.29 is 13.2 Å². The standard InChI is InChI=1S/C35H32F3N.C8H6N2/c36-35(37,38)30-9-3-5-24(22-30)19-20-39-23-26-13-11-25(12-14-26)21-29-8-4-7-28-16-17-32-31-10-2-1-6-27(31)15-18-33(32)34(28)29;1-2-4-8-6-10-9-5-7(8)3-1/h2-5,7-14,16-17,22,39H,1,6,15,18-21,23H2;1-6H. The quantitative estimate of drug-likeness (QED) is 0.174. The molecule has 0 fully saturated rings. The Bertz CT molecular complexity index is 2080. The van der Waals surface area contributed by atoms with Crippen LogP contribution in [-0.2, 0) is 32.0 Å². The van der Waals surface area contributed by atoms with Crippen LogP contribution in [-0.4, -0.2) is 16.7 Å². The molecule has 6 aromatic rings. The average Bonchev–Trinajstić information content (AvgIpc) is 3.14. The molecule has 0 spiro atoms. The predicted octanol–water partition coefficient (Wildman–Crippen LogP) is 10.5. The molecule has 1 aromatic heterocycles. The van der Waals surface area contributed by atoms with E-state index in [-0.39, 0.29) is 0 Å². The lowest BCUT2D eigenvalue weighted by Gasteiger charge is -2.26. The molecule has 0 radical (unpaired) electrons. The maximum atomic E-state index is 12.9. The summed E-state index contributed by atoms with van der Waals surface area (Å²) in [6.45, 7) is 1.31. The maximum Gasteiger partial charge on any atom is 0.416 e.